The van der Waals surface area contributed by atoms with Crippen LogP contribution in [0.2, 0.25) is 0 Å². The summed E-state index contributed by atoms with van der Waals surface area (Å²) in [7, 11) is 0. The number of benzene rings is 2. The van der Waals surface area contributed by atoms with Crippen molar-refractivity contribution in [2.75, 3.05) is 5.73 Å². The molecule has 0 saturated carbocycles. The SMILES string of the molecule is CCc1cccc(Oc2cc(C(N)=O)c(N)cc2F)c1. The van der Waals surface area contributed by atoms with Crippen molar-refractivity contribution < 1.29 is 13.9 Å². The number of halogens is 1. The third-order valence-corrected chi connectivity index (χ3v) is 2.90. The van der Waals surface area contributed by atoms with E-state index >= 15 is 0 Å². The van der Waals surface area contributed by atoms with Gasteiger partial charge in [-0.3, -0.25) is 4.79 Å². The van der Waals surface area contributed by atoms with E-state index in [4.69, 9.17) is 16.2 Å². The molecule has 0 heterocycles. The summed E-state index contributed by atoms with van der Waals surface area (Å²) in [6.45, 7) is 2.01. The second-order valence-corrected chi connectivity index (χ2v) is 4.34. The Morgan fingerprint density at radius 3 is 2.70 bits per heavy atom. The van der Waals surface area contributed by atoms with Gasteiger partial charge in [0.1, 0.15) is 5.75 Å². The van der Waals surface area contributed by atoms with Crippen LogP contribution in [0.5, 0.6) is 11.5 Å². The van der Waals surface area contributed by atoms with E-state index < -0.39 is 11.7 Å². The Bertz CT molecular complexity index is 656. The molecule has 0 fully saturated rings. The number of anilines is 1. The first-order valence-corrected chi connectivity index (χ1v) is 6.17. The third kappa shape index (κ3) is 2.88. The number of aryl methyl sites for hydroxylation is 1. The van der Waals surface area contributed by atoms with Crippen LogP contribution in [0.15, 0.2) is 36.4 Å². The van der Waals surface area contributed by atoms with Crippen LogP contribution in [0.1, 0.15) is 22.8 Å². The molecule has 0 atom stereocenters. The number of ether oxygens (including phenoxy) is 1. The normalized spacial score (nSPS) is 10.3. The lowest BCUT2D eigenvalue weighted by Gasteiger charge is -2.10. The number of carbonyl (C=O) groups excluding carboxylic acids is 1. The molecule has 1 amide bonds. The van der Waals surface area contributed by atoms with E-state index in [1.165, 1.54) is 6.07 Å². The van der Waals surface area contributed by atoms with Gasteiger partial charge in [0.05, 0.1) is 5.56 Å². The van der Waals surface area contributed by atoms with E-state index in [2.05, 4.69) is 0 Å². The Balaban J connectivity index is 2.37. The third-order valence-electron chi connectivity index (χ3n) is 2.90. The van der Waals surface area contributed by atoms with Crippen molar-refractivity contribution in [1.82, 2.24) is 0 Å². The first kappa shape index (κ1) is 13.9. The number of rotatable bonds is 4. The van der Waals surface area contributed by atoms with E-state index in [-0.39, 0.29) is 17.0 Å². The van der Waals surface area contributed by atoms with Crippen molar-refractivity contribution in [3.8, 4) is 11.5 Å². The summed E-state index contributed by atoms with van der Waals surface area (Å²) in [6, 6.07) is 9.52. The highest BCUT2D eigenvalue weighted by Crippen LogP contribution is 2.29. The Labute approximate surface area is 116 Å². The number of carbonyl (C=O) groups is 1. The van der Waals surface area contributed by atoms with Crippen molar-refractivity contribution in [2.45, 2.75) is 13.3 Å². The van der Waals surface area contributed by atoms with E-state index in [0.717, 1.165) is 18.1 Å². The summed E-state index contributed by atoms with van der Waals surface area (Å²) in [5, 5.41) is 0. The molecule has 0 bridgehead atoms. The van der Waals surface area contributed by atoms with Gasteiger partial charge in [-0.15, -0.1) is 0 Å². The molecule has 2 rings (SSSR count). The maximum absolute atomic E-state index is 13.8. The second-order valence-electron chi connectivity index (χ2n) is 4.34. The van der Waals surface area contributed by atoms with Gasteiger partial charge in [0.25, 0.3) is 5.91 Å². The molecule has 5 heteroatoms. The van der Waals surface area contributed by atoms with E-state index in [0.29, 0.717) is 5.75 Å². The number of nitrogen functional groups attached to an aromatic ring is 1. The molecule has 0 aliphatic heterocycles. The molecule has 0 aliphatic rings. The van der Waals surface area contributed by atoms with Crippen LogP contribution >= 0.6 is 0 Å². The zero-order valence-electron chi connectivity index (χ0n) is 11.0. The topological polar surface area (TPSA) is 78.3 Å². The summed E-state index contributed by atoms with van der Waals surface area (Å²) >= 11 is 0. The molecule has 20 heavy (non-hydrogen) atoms. The summed E-state index contributed by atoms with van der Waals surface area (Å²) in [6.07, 6.45) is 0.841. The number of nitrogens with two attached hydrogens (primary N) is 2. The summed E-state index contributed by atoms with van der Waals surface area (Å²) < 4.78 is 19.3. The van der Waals surface area contributed by atoms with Gasteiger partial charge in [-0.1, -0.05) is 19.1 Å². The van der Waals surface area contributed by atoms with Gasteiger partial charge >= 0.3 is 0 Å². The number of hydrogen-bond acceptors (Lipinski definition) is 3. The summed E-state index contributed by atoms with van der Waals surface area (Å²) in [4.78, 5) is 11.2. The second kappa shape index (κ2) is 5.61. The van der Waals surface area contributed by atoms with Crippen LogP contribution in [-0.4, -0.2) is 5.91 Å². The molecular formula is C15H15FN2O2. The first-order chi connectivity index (χ1) is 9.51. The van der Waals surface area contributed by atoms with Gasteiger partial charge in [0.15, 0.2) is 11.6 Å². The van der Waals surface area contributed by atoms with Gasteiger partial charge in [-0.25, -0.2) is 4.39 Å². The number of amides is 1. The zero-order valence-corrected chi connectivity index (χ0v) is 11.0. The first-order valence-electron chi connectivity index (χ1n) is 6.17. The van der Waals surface area contributed by atoms with Crippen LogP contribution in [0.3, 0.4) is 0 Å². The van der Waals surface area contributed by atoms with Crippen molar-refractivity contribution in [3.05, 3.63) is 53.3 Å². The highest BCUT2D eigenvalue weighted by Gasteiger charge is 2.13. The Morgan fingerprint density at radius 1 is 1.30 bits per heavy atom. The zero-order chi connectivity index (χ0) is 14.7. The fraction of sp³-hybridized carbons (Fsp3) is 0.133. The lowest BCUT2D eigenvalue weighted by Crippen LogP contribution is -2.14. The van der Waals surface area contributed by atoms with Gasteiger partial charge in [0.2, 0.25) is 0 Å². The van der Waals surface area contributed by atoms with Gasteiger partial charge in [0, 0.05) is 11.8 Å². The fourth-order valence-electron chi connectivity index (χ4n) is 1.82. The predicted octanol–water partition coefficient (Wildman–Crippen LogP) is 2.86. The average molecular weight is 274 g/mol. The van der Waals surface area contributed by atoms with E-state index in [9.17, 15) is 9.18 Å². The molecule has 0 saturated heterocycles. The predicted molar refractivity (Wildman–Crippen MR) is 75.2 cm³/mol. The van der Waals surface area contributed by atoms with Crippen molar-refractivity contribution in [1.29, 1.82) is 0 Å². The summed E-state index contributed by atoms with van der Waals surface area (Å²) in [5.41, 5.74) is 11.8. The highest BCUT2D eigenvalue weighted by molar-refractivity contribution is 5.98. The minimum Gasteiger partial charge on any atom is -0.454 e. The number of primary amides is 1. The largest absolute Gasteiger partial charge is 0.454 e. The van der Waals surface area contributed by atoms with Gasteiger partial charge in [-0.05, 0) is 30.2 Å². The lowest BCUT2D eigenvalue weighted by atomic mass is 10.1. The molecule has 104 valence electrons. The molecule has 4 N–H and O–H groups in total. The lowest BCUT2D eigenvalue weighted by molar-refractivity contribution is 0.100. The molecule has 0 aliphatic carbocycles. The smallest absolute Gasteiger partial charge is 0.250 e. The fourth-order valence-corrected chi connectivity index (χ4v) is 1.82. The van der Waals surface area contributed by atoms with Gasteiger partial charge in [-0.2, -0.15) is 0 Å². The van der Waals surface area contributed by atoms with Crippen LogP contribution in [-0.2, 0) is 6.42 Å². The minimum atomic E-state index is -0.727. The molecule has 4 nitrogen and oxygen atoms in total. The van der Waals surface area contributed by atoms with Crippen molar-refractivity contribution in [3.63, 3.8) is 0 Å². The van der Waals surface area contributed by atoms with Crippen LogP contribution in [0.25, 0.3) is 0 Å². The quantitative estimate of drug-likeness (QED) is 0.841. The van der Waals surface area contributed by atoms with E-state index in [1.54, 1.807) is 12.1 Å². The minimum absolute atomic E-state index is 0.00958. The monoisotopic (exact) mass is 274 g/mol. The summed E-state index contributed by atoms with van der Waals surface area (Å²) in [5.74, 6) is -0.964. The van der Waals surface area contributed by atoms with E-state index in [1.807, 2.05) is 19.1 Å². The molecule has 0 radical (unpaired) electrons. The average Bonchev–Trinajstić information content (AvgIpc) is 2.41. The maximum Gasteiger partial charge on any atom is 0.250 e. The molecule has 0 unspecified atom stereocenters. The van der Waals surface area contributed by atoms with Crippen LogP contribution in [0.4, 0.5) is 10.1 Å². The van der Waals surface area contributed by atoms with Crippen molar-refractivity contribution >= 4 is 11.6 Å². The van der Waals surface area contributed by atoms with Gasteiger partial charge < -0.3 is 16.2 Å². The Hall–Kier alpha value is -2.56. The molecule has 2 aromatic rings. The Kier molecular flexibility index (Phi) is 3.89. The maximum atomic E-state index is 13.8. The molecule has 2 aromatic carbocycles. The molecular weight excluding hydrogens is 259 g/mol. The molecule has 0 spiro atoms. The Morgan fingerprint density at radius 2 is 2.05 bits per heavy atom. The highest BCUT2D eigenvalue weighted by atomic mass is 19.1. The number of hydrogen-bond donors (Lipinski definition) is 2. The standard InChI is InChI=1S/C15H15FN2O2/c1-2-9-4-3-5-10(6-9)20-14-7-11(15(18)19)13(17)8-12(14)16/h3-8H,2,17H2,1H3,(H2,18,19). The molecule has 0 aromatic heterocycles. The van der Waals surface area contributed by atoms with Crippen LogP contribution < -0.4 is 16.2 Å². The van der Waals surface area contributed by atoms with Crippen LogP contribution in [0, 0.1) is 5.82 Å². The van der Waals surface area contributed by atoms with Crippen molar-refractivity contribution in [2.24, 2.45) is 5.73 Å².